The summed E-state index contributed by atoms with van der Waals surface area (Å²) in [7, 11) is 2.07. The molecule has 0 bridgehead atoms. The molecule has 2 N–H and O–H groups in total. The molecule has 1 aliphatic rings. The molecule has 6 nitrogen and oxygen atoms in total. The fraction of sp³-hybridized carbons (Fsp3) is 0.333. The van der Waals surface area contributed by atoms with Crippen LogP contribution in [-0.2, 0) is 0 Å². The maximum Gasteiger partial charge on any atom is 0.128 e. The molecule has 3 aromatic heterocycles. The van der Waals surface area contributed by atoms with E-state index in [4.69, 9.17) is 4.98 Å². The van der Waals surface area contributed by atoms with Gasteiger partial charge in [0.05, 0.1) is 12.6 Å². The number of pyridine rings is 2. The lowest BCUT2D eigenvalue weighted by molar-refractivity contribution is 0.135. The number of hydrogen-bond donors (Lipinski definition) is 2. The SMILES string of the molecule is Cc1cc(-c2[nH]c3cc(-c4ccc(N5CCN(C)C(CO)C5)nc4)ccc3c2C)cc(C)n1. The van der Waals surface area contributed by atoms with Gasteiger partial charge in [0.25, 0.3) is 0 Å². The number of rotatable bonds is 4. The van der Waals surface area contributed by atoms with Crippen molar-refractivity contribution in [2.24, 2.45) is 0 Å². The molecular formula is C27H31N5O. The van der Waals surface area contributed by atoms with Gasteiger partial charge in [0.15, 0.2) is 0 Å². The molecule has 170 valence electrons. The summed E-state index contributed by atoms with van der Waals surface area (Å²) in [6.07, 6.45) is 1.95. The second-order valence-corrected chi connectivity index (χ2v) is 9.19. The van der Waals surface area contributed by atoms with Gasteiger partial charge in [-0.3, -0.25) is 9.88 Å². The molecule has 4 heterocycles. The van der Waals surface area contributed by atoms with Crippen molar-refractivity contribution < 1.29 is 5.11 Å². The zero-order chi connectivity index (χ0) is 23.1. The van der Waals surface area contributed by atoms with Crippen molar-refractivity contribution in [2.75, 3.05) is 38.2 Å². The molecule has 1 unspecified atom stereocenters. The lowest BCUT2D eigenvalue weighted by Gasteiger charge is -2.39. The minimum Gasteiger partial charge on any atom is -0.395 e. The molecule has 1 saturated heterocycles. The Kier molecular flexibility index (Phi) is 5.64. The van der Waals surface area contributed by atoms with Crippen LogP contribution < -0.4 is 4.90 Å². The average molecular weight is 442 g/mol. The normalized spacial score (nSPS) is 17.1. The van der Waals surface area contributed by atoms with Gasteiger partial charge in [-0.15, -0.1) is 0 Å². The second-order valence-electron chi connectivity index (χ2n) is 9.19. The minimum atomic E-state index is 0.154. The van der Waals surface area contributed by atoms with Crippen molar-refractivity contribution in [1.29, 1.82) is 0 Å². The number of H-pyrrole nitrogens is 1. The first-order valence-corrected chi connectivity index (χ1v) is 11.5. The summed E-state index contributed by atoms with van der Waals surface area (Å²) in [5, 5.41) is 10.9. The molecule has 0 aliphatic carbocycles. The van der Waals surface area contributed by atoms with E-state index in [-0.39, 0.29) is 12.6 Å². The van der Waals surface area contributed by atoms with Crippen LogP contribution in [0.25, 0.3) is 33.3 Å². The first-order chi connectivity index (χ1) is 15.9. The summed E-state index contributed by atoms with van der Waals surface area (Å²) in [5.41, 5.74) is 9.00. The largest absolute Gasteiger partial charge is 0.395 e. The van der Waals surface area contributed by atoms with Gasteiger partial charge in [0, 0.05) is 64.9 Å². The summed E-state index contributed by atoms with van der Waals surface area (Å²) in [4.78, 5) is 17.4. The number of nitrogens with zero attached hydrogens (tertiary/aromatic N) is 4. The van der Waals surface area contributed by atoms with Gasteiger partial charge in [-0.2, -0.15) is 0 Å². The summed E-state index contributed by atoms with van der Waals surface area (Å²) in [6.45, 7) is 9.06. The Bertz CT molecular complexity index is 1270. The molecule has 1 fully saturated rings. The molecule has 1 aliphatic heterocycles. The summed E-state index contributed by atoms with van der Waals surface area (Å²) in [5.74, 6) is 0.966. The fourth-order valence-electron chi connectivity index (χ4n) is 4.88. The number of likely N-dealkylation sites (N-methyl/N-ethyl adjacent to an activating group) is 1. The predicted molar refractivity (Wildman–Crippen MR) is 135 cm³/mol. The Hall–Kier alpha value is -3.22. The molecule has 4 aromatic rings. The van der Waals surface area contributed by atoms with Crippen molar-refractivity contribution in [2.45, 2.75) is 26.8 Å². The molecule has 0 saturated carbocycles. The number of aromatic nitrogens is 3. The van der Waals surface area contributed by atoms with Gasteiger partial charge < -0.3 is 15.0 Å². The number of nitrogens with one attached hydrogen (secondary N) is 1. The van der Waals surface area contributed by atoms with Gasteiger partial charge in [-0.25, -0.2) is 4.98 Å². The maximum absolute atomic E-state index is 9.63. The monoisotopic (exact) mass is 441 g/mol. The van der Waals surface area contributed by atoms with Crippen LogP contribution in [0.5, 0.6) is 0 Å². The van der Waals surface area contributed by atoms with Crippen LogP contribution in [0, 0.1) is 20.8 Å². The molecule has 1 aromatic carbocycles. The van der Waals surface area contributed by atoms with Crippen molar-refractivity contribution in [1.82, 2.24) is 19.9 Å². The van der Waals surface area contributed by atoms with Gasteiger partial charge in [0.2, 0.25) is 0 Å². The van der Waals surface area contributed by atoms with E-state index >= 15 is 0 Å². The fourth-order valence-corrected chi connectivity index (χ4v) is 4.88. The zero-order valence-electron chi connectivity index (χ0n) is 19.8. The van der Waals surface area contributed by atoms with Crippen LogP contribution in [-0.4, -0.2) is 64.3 Å². The van der Waals surface area contributed by atoms with Crippen LogP contribution >= 0.6 is 0 Å². The molecular weight excluding hydrogens is 410 g/mol. The summed E-state index contributed by atoms with van der Waals surface area (Å²) < 4.78 is 0. The Labute approximate surface area is 194 Å². The molecule has 33 heavy (non-hydrogen) atoms. The van der Waals surface area contributed by atoms with Crippen molar-refractivity contribution >= 4 is 16.7 Å². The topological polar surface area (TPSA) is 68.3 Å². The number of fused-ring (bicyclic) bond motifs is 1. The molecule has 0 radical (unpaired) electrons. The van der Waals surface area contributed by atoms with E-state index in [1.54, 1.807) is 0 Å². The van der Waals surface area contributed by atoms with Crippen molar-refractivity contribution in [3.05, 3.63) is 65.6 Å². The first kappa shape index (κ1) is 21.6. The Balaban J connectivity index is 1.43. The standard InChI is InChI=1S/C27H31N5O/c1-17-11-22(12-18(2)29-17)27-19(3)24-7-5-20(13-25(24)30-27)21-6-8-26(28-14-21)32-10-9-31(4)23(15-32)16-33/h5-8,11-14,23,30,33H,9-10,15-16H2,1-4H3. The zero-order valence-corrected chi connectivity index (χ0v) is 19.8. The van der Waals surface area contributed by atoms with Crippen LogP contribution in [0.3, 0.4) is 0 Å². The van der Waals surface area contributed by atoms with E-state index in [0.717, 1.165) is 59.2 Å². The number of aliphatic hydroxyl groups is 1. The van der Waals surface area contributed by atoms with Gasteiger partial charge in [0.1, 0.15) is 5.82 Å². The van der Waals surface area contributed by atoms with E-state index < -0.39 is 0 Å². The van der Waals surface area contributed by atoms with Gasteiger partial charge in [-0.05, 0) is 69.3 Å². The molecule has 6 heteroatoms. The molecule has 0 amide bonds. The highest BCUT2D eigenvalue weighted by Crippen LogP contribution is 2.33. The predicted octanol–water partition coefficient (Wildman–Crippen LogP) is 4.33. The van der Waals surface area contributed by atoms with E-state index in [1.165, 1.54) is 16.5 Å². The third-order valence-electron chi connectivity index (χ3n) is 6.82. The summed E-state index contributed by atoms with van der Waals surface area (Å²) >= 11 is 0. The molecule has 0 spiro atoms. The van der Waals surface area contributed by atoms with Crippen LogP contribution in [0.4, 0.5) is 5.82 Å². The number of benzene rings is 1. The van der Waals surface area contributed by atoms with E-state index in [9.17, 15) is 5.11 Å². The highest BCUT2D eigenvalue weighted by atomic mass is 16.3. The number of piperazine rings is 1. The summed E-state index contributed by atoms with van der Waals surface area (Å²) in [6, 6.07) is 15.2. The van der Waals surface area contributed by atoms with E-state index in [2.05, 4.69) is 76.2 Å². The molecule has 5 rings (SSSR count). The number of hydrogen-bond acceptors (Lipinski definition) is 5. The highest BCUT2D eigenvalue weighted by molar-refractivity contribution is 5.93. The minimum absolute atomic E-state index is 0.154. The van der Waals surface area contributed by atoms with Crippen molar-refractivity contribution in [3.63, 3.8) is 0 Å². The third kappa shape index (κ3) is 4.12. The highest BCUT2D eigenvalue weighted by Gasteiger charge is 2.24. The smallest absolute Gasteiger partial charge is 0.128 e. The van der Waals surface area contributed by atoms with Crippen LogP contribution in [0.15, 0.2) is 48.7 Å². The number of aliphatic hydroxyl groups excluding tert-OH is 1. The quantitative estimate of drug-likeness (QED) is 0.493. The van der Waals surface area contributed by atoms with E-state index in [0.29, 0.717) is 0 Å². The third-order valence-corrected chi connectivity index (χ3v) is 6.82. The Morgan fingerprint density at radius 2 is 1.73 bits per heavy atom. The van der Waals surface area contributed by atoms with Crippen molar-refractivity contribution in [3.8, 4) is 22.4 Å². The molecule has 1 atom stereocenters. The average Bonchev–Trinajstić information content (AvgIpc) is 3.15. The van der Waals surface area contributed by atoms with Gasteiger partial charge in [-0.1, -0.05) is 12.1 Å². The maximum atomic E-state index is 9.63. The van der Waals surface area contributed by atoms with Crippen LogP contribution in [0.1, 0.15) is 17.0 Å². The number of aryl methyl sites for hydroxylation is 3. The lowest BCUT2D eigenvalue weighted by Crippen LogP contribution is -2.53. The second kappa shape index (κ2) is 8.61. The number of anilines is 1. The Morgan fingerprint density at radius 1 is 0.970 bits per heavy atom. The van der Waals surface area contributed by atoms with Crippen LogP contribution in [0.2, 0.25) is 0 Å². The van der Waals surface area contributed by atoms with E-state index in [1.807, 2.05) is 20.0 Å². The first-order valence-electron chi connectivity index (χ1n) is 11.5. The van der Waals surface area contributed by atoms with Gasteiger partial charge >= 0.3 is 0 Å². The Morgan fingerprint density at radius 3 is 2.42 bits per heavy atom. The number of aromatic amines is 1. The lowest BCUT2D eigenvalue weighted by atomic mass is 10.0.